The molecule has 27 heavy (non-hydrogen) atoms. The predicted octanol–water partition coefficient (Wildman–Crippen LogP) is 4.03. The van der Waals surface area contributed by atoms with Crippen molar-refractivity contribution < 1.29 is 5.11 Å². The summed E-state index contributed by atoms with van der Waals surface area (Å²) in [4.78, 5) is 12.6. The van der Waals surface area contributed by atoms with Crippen molar-refractivity contribution in [3.63, 3.8) is 0 Å². The standard InChI is InChI=1S/C19H25ClN4OS.HI/c1-21-19(22-11-16(25)13-7-9-14(20)10-8-13)24(2)12-18-23-15-5-3-4-6-17(15)26-18;/h7-10,16,25H,3-6,11-12H2,1-2H3,(H,21,22);1H. The van der Waals surface area contributed by atoms with E-state index in [1.165, 1.54) is 23.4 Å². The van der Waals surface area contributed by atoms with E-state index in [2.05, 4.69) is 10.3 Å². The van der Waals surface area contributed by atoms with Gasteiger partial charge in [-0.15, -0.1) is 35.3 Å². The quantitative estimate of drug-likeness (QED) is 0.355. The van der Waals surface area contributed by atoms with Crippen molar-refractivity contribution in [2.75, 3.05) is 20.6 Å². The summed E-state index contributed by atoms with van der Waals surface area (Å²) in [5, 5.41) is 15.4. The van der Waals surface area contributed by atoms with E-state index < -0.39 is 6.10 Å². The molecule has 1 atom stereocenters. The van der Waals surface area contributed by atoms with E-state index >= 15 is 0 Å². The zero-order chi connectivity index (χ0) is 18.5. The maximum Gasteiger partial charge on any atom is 0.193 e. The largest absolute Gasteiger partial charge is 0.387 e. The van der Waals surface area contributed by atoms with Gasteiger partial charge in [0.25, 0.3) is 0 Å². The van der Waals surface area contributed by atoms with Crippen molar-refractivity contribution in [3.8, 4) is 0 Å². The van der Waals surface area contributed by atoms with E-state index in [-0.39, 0.29) is 24.0 Å². The van der Waals surface area contributed by atoms with Gasteiger partial charge in [0.05, 0.1) is 18.3 Å². The first-order valence-electron chi connectivity index (χ1n) is 8.89. The maximum atomic E-state index is 10.3. The fourth-order valence-corrected chi connectivity index (χ4v) is 4.46. The molecule has 0 aliphatic heterocycles. The van der Waals surface area contributed by atoms with Crippen LogP contribution in [0.25, 0.3) is 0 Å². The Hall–Kier alpha value is -0.900. The molecule has 148 valence electrons. The van der Waals surface area contributed by atoms with Crippen LogP contribution in [0.3, 0.4) is 0 Å². The average Bonchev–Trinajstić information content (AvgIpc) is 3.04. The third-order valence-corrected chi connectivity index (χ3v) is 5.94. The topological polar surface area (TPSA) is 60.8 Å². The molecule has 1 aliphatic carbocycles. The monoisotopic (exact) mass is 520 g/mol. The lowest BCUT2D eigenvalue weighted by Crippen LogP contribution is -2.40. The first-order valence-corrected chi connectivity index (χ1v) is 10.1. The number of nitrogens with zero attached hydrogens (tertiary/aromatic N) is 3. The smallest absolute Gasteiger partial charge is 0.193 e. The van der Waals surface area contributed by atoms with Gasteiger partial charge in [-0.3, -0.25) is 4.99 Å². The number of hydrogen-bond donors (Lipinski definition) is 2. The molecule has 0 bridgehead atoms. The molecule has 0 radical (unpaired) electrons. The van der Waals surface area contributed by atoms with Crippen LogP contribution < -0.4 is 5.32 Å². The van der Waals surface area contributed by atoms with Gasteiger partial charge in [-0.25, -0.2) is 4.98 Å². The number of hydrogen-bond acceptors (Lipinski definition) is 4. The Bertz CT molecular complexity index is 742. The van der Waals surface area contributed by atoms with Gasteiger partial charge in [-0.05, 0) is 43.4 Å². The number of thiazole rings is 1. The predicted molar refractivity (Wildman–Crippen MR) is 123 cm³/mol. The number of rotatable bonds is 5. The fraction of sp³-hybridized carbons (Fsp3) is 0.474. The van der Waals surface area contributed by atoms with Gasteiger partial charge >= 0.3 is 0 Å². The van der Waals surface area contributed by atoms with Crippen LogP contribution in [0.1, 0.15) is 40.1 Å². The second-order valence-electron chi connectivity index (χ2n) is 6.54. The number of aliphatic hydroxyl groups excluding tert-OH is 1. The Morgan fingerprint density at radius 2 is 2.04 bits per heavy atom. The van der Waals surface area contributed by atoms with Crippen LogP contribution in [0.15, 0.2) is 29.3 Å². The van der Waals surface area contributed by atoms with E-state index in [0.29, 0.717) is 18.1 Å². The number of guanidine groups is 1. The third kappa shape index (κ3) is 6.04. The molecule has 0 saturated carbocycles. The third-order valence-electron chi connectivity index (χ3n) is 4.54. The molecule has 0 fully saturated rings. The lowest BCUT2D eigenvalue weighted by atomic mass is 10.0. The highest BCUT2D eigenvalue weighted by Gasteiger charge is 2.17. The van der Waals surface area contributed by atoms with Gasteiger partial charge in [-0.1, -0.05) is 23.7 Å². The van der Waals surface area contributed by atoms with Gasteiger partial charge in [0.15, 0.2) is 5.96 Å². The molecular weight excluding hydrogens is 495 g/mol. The molecule has 1 heterocycles. The highest BCUT2D eigenvalue weighted by Crippen LogP contribution is 2.27. The van der Waals surface area contributed by atoms with E-state index in [4.69, 9.17) is 16.6 Å². The molecule has 1 unspecified atom stereocenters. The second-order valence-corrected chi connectivity index (χ2v) is 8.14. The second kappa shape index (κ2) is 10.6. The minimum Gasteiger partial charge on any atom is -0.387 e. The van der Waals surface area contributed by atoms with Crippen molar-refractivity contribution in [3.05, 3.63) is 50.4 Å². The fourth-order valence-electron chi connectivity index (χ4n) is 3.13. The van der Waals surface area contributed by atoms with Crippen molar-refractivity contribution in [2.45, 2.75) is 38.3 Å². The first kappa shape index (κ1) is 22.4. The summed E-state index contributed by atoms with van der Waals surface area (Å²) in [5.74, 6) is 0.742. The highest BCUT2D eigenvalue weighted by molar-refractivity contribution is 14.0. The minimum absolute atomic E-state index is 0. The number of aliphatic imine (C=N–C) groups is 1. The number of aromatic nitrogens is 1. The van der Waals surface area contributed by atoms with Crippen LogP contribution in [0.2, 0.25) is 5.02 Å². The molecule has 0 spiro atoms. The molecule has 0 saturated heterocycles. The van der Waals surface area contributed by atoms with Crippen molar-refractivity contribution in [2.24, 2.45) is 4.99 Å². The Morgan fingerprint density at radius 1 is 1.33 bits per heavy atom. The minimum atomic E-state index is -0.621. The van der Waals surface area contributed by atoms with Crippen LogP contribution in [0.5, 0.6) is 0 Å². The van der Waals surface area contributed by atoms with E-state index in [0.717, 1.165) is 29.4 Å². The molecule has 2 aromatic rings. The van der Waals surface area contributed by atoms with E-state index in [1.54, 1.807) is 19.2 Å². The molecule has 1 aromatic heterocycles. The summed E-state index contributed by atoms with van der Waals surface area (Å²) in [7, 11) is 3.74. The molecule has 8 heteroatoms. The van der Waals surface area contributed by atoms with Crippen molar-refractivity contribution in [1.82, 2.24) is 15.2 Å². The van der Waals surface area contributed by atoms with Crippen LogP contribution >= 0.6 is 46.9 Å². The van der Waals surface area contributed by atoms with Crippen LogP contribution in [-0.4, -0.2) is 41.6 Å². The molecule has 2 N–H and O–H groups in total. The Kier molecular flexibility index (Phi) is 8.78. The molecule has 1 aliphatic rings. The lowest BCUT2D eigenvalue weighted by molar-refractivity contribution is 0.179. The number of aliphatic hydroxyl groups is 1. The molecule has 0 amide bonds. The Labute approximate surface area is 186 Å². The number of aryl methyl sites for hydroxylation is 2. The molecule has 5 nitrogen and oxygen atoms in total. The van der Waals surface area contributed by atoms with Crippen molar-refractivity contribution >= 4 is 52.9 Å². The SMILES string of the molecule is CN=C(NCC(O)c1ccc(Cl)cc1)N(C)Cc1nc2c(s1)CCCC2.I. The Morgan fingerprint density at radius 3 is 2.70 bits per heavy atom. The normalized spacial score (nSPS) is 14.9. The highest BCUT2D eigenvalue weighted by atomic mass is 127. The Balaban J connectivity index is 0.00000261. The zero-order valence-corrected chi connectivity index (χ0v) is 19.5. The van der Waals surface area contributed by atoms with Gasteiger partial charge in [0.1, 0.15) is 5.01 Å². The van der Waals surface area contributed by atoms with Crippen molar-refractivity contribution in [1.29, 1.82) is 0 Å². The van der Waals surface area contributed by atoms with Gasteiger partial charge < -0.3 is 15.3 Å². The first-order chi connectivity index (χ1) is 12.6. The summed E-state index contributed by atoms with van der Waals surface area (Å²) in [6.45, 7) is 1.10. The number of fused-ring (bicyclic) bond motifs is 1. The van der Waals surface area contributed by atoms with E-state index in [1.807, 2.05) is 35.4 Å². The summed E-state index contributed by atoms with van der Waals surface area (Å²) in [6, 6.07) is 7.24. The molecule has 3 rings (SSSR count). The number of nitrogens with one attached hydrogen (secondary N) is 1. The summed E-state index contributed by atoms with van der Waals surface area (Å²) in [6.07, 6.45) is 4.17. The van der Waals surface area contributed by atoms with Gasteiger partial charge in [-0.2, -0.15) is 0 Å². The van der Waals surface area contributed by atoms with Gasteiger partial charge in [0, 0.05) is 30.5 Å². The molecular formula is C19H26ClIN4OS. The van der Waals surface area contributed by atoms with Gasteiger partial charge in [0.2, 0.25) is 0 Å². The molecule has 1 aromatic carbocycles. The summed E-state index contributed by atoms with van der Waals surface area (Å²) < 4.78 is 0. The summed E-state index contributed by atoms with van der Waals surface area (Å²) in [5.41, 5.74) is 2.11. The van der Waals surface area contributed by atoms with Crippen LogP contribution in [0, 0.1) is 0 Å². The maximum absolute atomic E-state index is 10.3. The number of benzene rings is 1. The average molecular weight is 521 g/mol. The summed E-state index contributed by atoms with van der Waals surface area (Å²) >= 11 is 7.71. The lowest BCUT2D eigenvalue weighted by Gasteiger charge is -2.22. The van der Waals surface area contributed by atoms with Crippen LogP contribution in [-0.2, 0) is 19.4 Å². The zero-order valence-electron chi connectivity index (χ0n) is 15.6. The van der Waals surface area contributed by atoms with Crippen LogP contribution in [0.4, 0.5) is 0 Å². The van der Waals surface area contributed by atoms with E-state index in [9.17, 15) is 5.11 Å². The number of halogens is 2.